The summed E-state index contributed by atoms with van der Waals surface area (Å²) in [4.78, 5) is 53.4. The fourth-order valence-electron chi connectivity index (χ4n) is 5.63. The first-order valence-electron chi connectivity index (χ1n) is 11.2. The van der Waals surface area contributed by atoms with Crippen LogP contribution < -0.4 is 16.4 Å². The zero-order valence-electron chi connectivity index (χ0n) is 18.3. The van der Waals surface area contributed by atoms with Gasteiger partial charge in [0, 0.05) is 30.3 Å². The fourth-order valence-corrected chi connectivity index (χ4v) is 5.63. The van der Waals surface area contributed by atoms with Crippen LogP contribution in [0.1, 0.15) is 29.5 Å². The second-order valence-corrected chi connectivity index (χ2v) is 9.13. The molecule has 2 unspecified atom stereocenters. The summed E-state index contributed by atoms with van der Waals surface area (Å²) in [6.45, 7) is 2.16. The number of nitrogens with two attached hydrogens (primary N) is 1. The van der Waals surface area contributed by atoms with Crippen molar-refractivity contribution in [2.45, 2.75) is 37.8 Å². The molecule has 2 aromatic rings. The van der Waals surface area contributed by atoms with E-state index in [4.69, 9.17) is 5.73 Å². The lowest BCUT2D eigenvalue weighted by molar-refractivity contribution is -0.142. The average molecular weight is 447 g/mol. The summed E-state index contributed by atoms with van der Waals surface area (Å²) in [5, 5.41) is 6.21. The lowest BCUT2D eigenvalue weighted by atomic mass is 9.76. The number of hydrogen-bond donors (Lipinski definition) is 3. The summed E-state index contributed by atoms with van der Waals surface area (Å²) in [6, 6.07) is 14.7. The Morgan fingerprint density at radius 2 is 1.85 bits per heavy atom. The van der Waals surface area contributed by atoms with Crippen molar-refractivity contribution in [1.82, 2.24) is 10.2 Å². The smallest absolute Gasteiger partial charge is 0.250 e. The van der Waals surface area contributed by atoms with Crippen LogP contribution in [0.2, 0.25) is 0 Å². The van der Waals surface area contributed by atoms with E-state index in [0.717, 1.165) is 11.1 Å². The molecular weight excluding hydrogens is 420 g/mol. The number of likely N-dealkylation sites (tertiary alicyclic amines) is 1. The Bertz CT molecular complexity index is 1160. The molecule has 2 fully saturated rings. The molecule has 2 saturated heterocycles. The summed E-state index contributed by atoms with van der Waals surface area (Å²) >= 11 is 0. The fraction of sp³-hybridized carbons (Fsp3) is 0.360. The Hall–Kier alpha value is -3.52. The Kier molecular flexibility index (Phi) is 5.05. The van der Waals surface area contributed by atoms with E-state index < -0.39 is 29.3 Å². The van der Waals surface area contributed by atoms with E-state index >= 15 is 0 Å². The summed E-state index contributed by atoms with van der Waals surface area (Å²) in [5.74, 6) is -3.08. The largest absolute Gasteiger partial charge is 0.370 e. The zero-order chi connectivity index (χ0) is 23.3. The molecule has 3 aliphatic rings. The van der Waals surface area contributed by atoms with E-state index in [0.29, 0.717) is 17.7 Å². The molecule has 2 aromatic carbocycles. The number of carbonyl (C=O) groups excluding carboxylic acids is 4. The highest BCUT2D eigenvalue weighted by Gasteiger charge is 2.70. The van der Waals surface area contributed by atoms with E-state index in [9.17, 15) is 19.2 Å². The van der Waals surface area contributed by atoms with E-state index in [1.807, 2.05) is 55.5 Å². The van der Waals surface area contributed by atoms with Crippen LogP contribution in [-0.2, 0) is 31.1 Å². The Morgan fingerprint density at radius 3 is 2.58 bits per heavy atom. The van der Waals surface area contributed by atoms with Crippen molar-refractivity contribution < 1.29 is 19.2 Å². The third kappa shape index (κ3) is 3.24. The summed E-state index contributed by atoms with van der Waals surface area (Å²) < 4.78 is 0. The number of rotatable bonds is 6. The minimum atomic E-state index is -1.34. The van der Waals surface area contributed by atoms with Crippen LogP contribution in [-0.4, -0.2) is 41.1 Å². The second-order valence-electron chi connectivity index (χ2n) is 9.13. The van der Waals surface area contributed by atoms with Gasteiger partial charge in [0.1, 0.15) is 5.54 Å². The molecule has 3 aliphatic heterocycles. The van der Waals surface area contributed by atoms with Crippen molar-refractivity contribution in [3.8, 4) is 0 Å². The molecule has 33 heavy (non-hydrogen) atoms. The second kappa shape index (κ2) is 7.81. The van der Waals surface area contributed by atoms with Crippen LogP contribution in [0, 0.1) is 18.8 Å². The molecular formula is C25H26N4O4. The molecule has 1 spiro atoms. The van der Waals surface area contributed by atoms with E-state index in [1.165, 1.54) is 4.90 Å². The maximum Gasteiger partial charge on any atom is 0.250 e. The van der Waals surface area contributed by atoms with Gasteiger partial charge in [-0.1, -0.05) is 48.0 Å². The highest BCUT2D eigenvalue weighted by atomic mass is 16.2. The van der Waals surface area contributed by atoms with Crippen LogP contribution in [0.15, 0.2) is 48.5 Å². The van der Waals surface area contributed by atoms with Gasteiger partial charge in [-0.25, -0.2) is 0 Å². The number of nitrogens with zero attached hydrogens (tertiary/aromatic N) is 1. The molecule has 4 amide bonds. The van der Waals surface area contributed by atoms with Gasteiger partial charge in [-0.2, -0.15) is 0 Å². The predicted molar refractivity (Wildman–Crippen MR) is 121 cm³/mol. The highest BCUT2D eigenvalue weighted by Crippen LogP contribution is 2.53. The van der Waals surface area contributed by atoms with Crippen molar-refractivity contribution in [2.75, 3.05) is 11.9 Å². The molecule has 5 rings (SSSR count). The van der Waals surface area contributed by atoms with E-state index in [1.54, 1.807) is 0 Å². The van der Waals surface area contributed by atoms with Crippen LogP contribution in [0.3, 0.4) is 0 Å². The molecule has 8 nitrogen and oxygen atoms in total. The van der Waals surface area contributed by atoms with Crippen molar-refractivity contribution in [3.05, 3.63) is 65.2 Å². The van der Waals surface area contributed by atoms with Gasteiger partial charge >= 0.3 is 0 Å². The van der Waals surface area contributed by atoms with Gasteiger partial charge in [-0.3, -0.25) is 29.4 Å². The topological polar surface area (TPSA) is 122 Å². The van der Waals surface area contributed by atoms with Crippen molar-refractivity contribution >= 4 is 29.3 Å². The van der Waals surface area contributed by atoms with Gasteiger partial charge in [0.05, 0.1) is 11.8 Å². The number of carbonyl (C=O) groups is 4. The Morgan fingerprint density at radius 1 is 1.09 bits per heavy atom. The van der Waals surface area contributed by atoms with Crippen molar-refractivity contribution in [2.24, 2.45) is 17.6 Å². The van der Waals surface area contributed by atoms with Gasteiger partial charge in [0.2, 0.25) is 23.6 Å². The maximum atomic E-state index is 13.7. The molecule has 3 heterocycles. The van der Waals surface area contributed by atoms with Gasteiger partial charge in [0.15, 0.2) is 0 Å². The maximum absolute atomic E-state index is 13.7. The summed E-state index contributed by atoms with van der Waals surface area (Å²) in [7, 11) is 0. The zero-order valence-corrected chi connectivity index (χ0v) is 18.3. The van der Waals surface area contributed by atoms with Gasteiger partial charge < -0.3 is 11.1 Å². The molecule has 4 N–H and O–H groups in total. The number of nitrogens with one attached hydrogen (secondary N) is 2. The Labute approximate surface area is 191 Å². The number of amides is 4. The standard InChI is InChI=1S/C25H26N4O4/c1-14-7-8-17-16(13-14)25(24(33)27-17)21-20(18(28-25)9-10-19(26)30)22(31)29(23(21)32)12-11-15-5-3-2-4-6-15/h2-8,13,18,20-21,28H,9-12H2,1H3,(H2,26,30)(H,27,33)/t18?,20-,21+,25?/m1/s1. The number of hydrogen-bond acceptors (Lipinski definition) is 5. The van der Waals surface area contributed by atoms with Crippen LogP contribution >= 0.6 is 0 Å². The number of primary amides is 1. The molecule has 0 aliphatic carbocycles. The molecule has 4 atom stereocenters. The summed E-state index contributed by atoms with van der Waals surface area (Å²) in [5.41, 5.74) is 7.30. The van der Waals surface area contributed by atoms with E-state index in [2.05, 4.69) is 10.6 Å². The number of aryl methyl sites for hydroxylation is 1. The lowest BCUT2D eigenvalue weighted by Gasteiger charge is -2.29. The average Bonchev–Trinajstić information content (AvgIpc) is 3.37. The first-order valence-corrected chi connectivity index (χ1v) is 11.2. The predicted octanol–water partition coefficient (Wildman–Crippen LogP) is 1.22. The number of imide groups is 1. The van der Waals surface area contributed by atoms with Crippen LogP contribution in [0.4, 0.5) is 5.69 Å². The number of anilines is 1. The third-order valence-corrected chi connectivity index (χ3v) is 7.13. The highest BCUT2D eigenvalue weighted by molar-refractivity contribution is 6.15. The normalized spacial score (nSPS) is 27.7. The quantitative estimate of drug-likeness (QED) is 0.576. The number of benzene rings is 2. The number of fused-ring (bicyclic) bond motifs is 4. The molecule has 170 valence electrons. The third-order valence-electron chi connectivity index (χ3n) is 7.13. The van der Waals surface area contributed by atoms with Gasteiger partial charge in [-0.05, 0) is 31.4 Å². The molecule has 0 bridgehead atoms. The van der Waals surface area contributed by atoms with Crippen LogP contribution in [0.5, 0.6) is 0 Å². The van der Waals surface area contributed by atoms with Gasteiger partial charge in [0.25, 0.3) is 0 Å². The Balaban J connectivity index is 1.53. The first-order chi connectivity index (χ1) is 15.8. The minimum Gasteiger partial charge on any atom is -0.370 e. The van der Waals surface area contributed by atoms with Crippen LogP contribution in [0.25, 0.3) is 0 Å². The molecule has 0 radical (unpaired) electrons. The SMILES string of the molecule is Cc1ccc2c(c1)C1(NC(CCC(N)=O)[C@H]3C(=O)N(CCc4ccccc4)C(=O)[C@H]31)C(=O)N2. The van der Waals surface area contributed by atoms with Gasteiger partial charge in [-0.15, -0.1) is 0 Å². The molecule has 0 saturated carbocycles. The van der Waals surface area contributed by atoms with Crippen molar-refractivity contribution in [1.29, 1.82) is 0 Å². The van der Waals surface area contributed by atoms with Crippen molar-refractivity contribution in [3.63, 3.8) is 0 Å². The first kappa shape index (κ1) is 21.3. The lowest BCUT2D eigenvalue weighted by Crippen LogP contribution is -2.53. The minimum absolute atomic E-state index is 0.0603. The molecule has 0 aromatic heterocycles. The molecule has 8 heteroatoms. The van der Waals surface area contributed by atoms with E-state index in [-0.39, 0.29) is 37.1 Å². The summed E-state index contributed by atoms with van der Waals surface area (Å²) in [6.07, 6.45) is 0.870. The monoisotopic (exact) mass is 446 g/mol.